The van der Waals surface area contributed by atoms with Gasteiger partial charge in [0.05, 0.1) is 6.61 Å². The molecule has 0 saturated carbocycles. The largest absolute Gasteiger partial charge is 0.465 e. The molecule has 0 fully saturated rings. The third-order valence-corrected chi connectivity index (χ3v) is 3.09. The van der Waals surface area contributed by atoms with Gasteiger partial charge in [-0.15, -0.1) is 0 Å². The molecule has 4 nitrogen and oxygen atoms in total. The van der Waals surface area contributed by atoms with Crippen LogP contribution in [-0.2, 0) is 14.3 Å². The number of nitrogens with one attached hydrogen (secondary N) is 1. The molecule has 0 rings (SSSR count). The van der Waals surface area contributed by atoms with Crippen molar-refractivity contribution in [3.63, 3.8) is 0 Å². The number of carbonyl (C=O) groups is 1. The summed E-state index contributed by atoms with van der Waals surface area (Å²) in [4.78, 5) is 11.5. The van der Waals surface area contributed by atoms with Crippen molar-refractivity contribution in [3.05, 3.63) is 0 Å². The molecule has 1 atom stereocenters. The Morgan fingerprint density at radius 3 is 2.75 bits per heavy atom. The molecule has 0 radical (unpaired) electrons. The van der Waals surface area contributed by atoms with Crippen LogP contribution in [0.15, 0.2) is 0 Å². The average Bonchev–Trinajstić information content (AvgIpc) is 2.27. The first-order valence-corrected chi connectivity index (χ1v) is 6.88. The standard InChI is InChI=1S/C11H23NO3S/c1-4-12-10(11(13)15-5-2)9-16-8-6-7-14-3/h10,12H,4-9H2,1-3H3. The summed E-state index contributed by atoms with van der Waals surface area (Å²) in [7, 11) is 1.70. The summed E-state index contributed by atoms with van der Waals surface area (Å²) in [6.45, 7) is 5.81. The van der Waals surface area contributed by atoms with Gasteiger partial charge >= 0.3 is 5.97 Å². The van der Waals surface area contributed by atoms with Gasteiger partial charge in [0.1, 0.15) is 6.04 Å². The van der Waals surface area contributed by atoms with Gasteiger partial charge in [0, 0.05) is 19.5 Å². The lowest BCUT2D eigenvalue weighted by atomic mass is 10.3. The molecule has 0 aliphatic rings. The highest BCUT2D eigenvalue weighted by Crippen LogP contribution is 2.06. The molecule has 0 aliphatic carbocycles. The predicted octanol–water partition coefficient (Wildman–Crippen LogP) is 1.30. The fourth-order valence-electron chi connectivity index (χ4n) is 1.21. The number of ether oxygens (including phenoxy) is 2. The lowest BCUT2D eigenvalue weighted by Gasteiger charge is -2.15. The van der Waals surface area contributed by atoms with Crippen LogP contribution in [0.5, 0.6) is 0 Å². The molecule has 0 saturated heterocycles. The molecule has 16 heavy (non-hydrogen) atoms. The predicted molar refractivity (Wildman–Crippen MR) is 67.9 cm³/mol. The quantitative estimate of drug-likeness (QED) is 0.467. The minimum atomic E-state index is -0.183. The van der Waals surface area contributed by atoms with Crippen molar-refractivity contribution >= 4 is 17.7 Å². The van der Waals surface area contributed by atoms with Crippen LogP contribution in [0, 0.1) is 0 Å². The number of hydrogen-bond acceptors (Lipinski definition) is 5. The highest BCUT2D eigenvalue weighted by atomic mass is 32.2. The van der Waals surface area contributed by atoms with E-state index >= 15 is 0 Å². The Kier molecular flexibility index (Phi) is 11.0. The van der Waals surface area contributed by atoms with Crippen molar-refractivity contribution in [1.82, 2.24) is 5.32 Å². The number of rotatable bonds is 10. The van der Waals surface area contributed by atoms with Gasteiger partial charge in [-0.05, 0) is 25.6 Å². The third kappa shape index (κ3) is 7.96. The summed E-state index contributed by atoms with van der Waals surface area (Å²) >= 11 is 1.75. The molecule has 0 aromatic rings. The Morgan fingerprint density at radius 2 is 2.19 bits per heavy atom. The molecule has 5 heteroatoms. The molecule has 0 bridgehead atoms. The first-order valence-electron chi connectivity index (χ1n) is 5.72. The van der Waals surface area contributed by atoms with E-state index in [2.05, 4.69) is 5.32 Å². The zero-order chi connectivity index (χ0) is 12.2. The van der Waals surface area contributed by atoms with Crippen molar-refractivity contribution in [3.8, 4) is 0 Å². The molecule has 0 aromatic carbocycles. The van der Waals surface area contributed by atoms with Crippen molar-refractivity contribution in [2.24, 2.45) is 0 Å². The fourth-order valence-corrected chi connectivity index (χ4v) is 2.18. The second-order valence-corrected chi connectivity index (χ2v) is 4.43. The first-order chi connectivity index (χ1) is 7.76. The van der Waals surface area contributed by atoms with Gasteiger partial charge in [-0.2, -0.15) is 11.8 Å². The molecule has 0 amide bonds. The molecule has 1 unspecified atom stereocenters. The summed E-state index contributed by atoms with van der Waals surface area (Å²) < 4.78 is 9.96. The number of thioether (sulfide) groups is 1. The molecule has 0 spiro atoms. The van der Waals surface area contributed by atoms with Crippen LogP contribution in [0.3, 0.4) is 0 Å². The van der Waals surface area contributed by atoms with E-state index in [1.165, 1.54) is 0 Å². The van der Waals surface area contributed by atoms with E-state index in [1.54, 1.807) is 18.9 Å². The zero-order valence-corrected chi connectivity index (χ0v) is 11.3. The number of carbonyl (C=O) groups excluding carboxylic acids is 1. The molecular formula is C11H23NO3S. The van der Waals surface area contributed by atoms with Gasteiger partial charge in [0.15, 0.2) is 0 Å². The van der Waals surface area contributed by atoms with Crippen LogP contribution in [0.1, 0.15) is 20.3 Å². The van der Waals surface area contributed by atoms with Crippen LogP contribution in [-0.4, -0.2) is 50.4 Å². The van der Waals surface area contributed by atoms with Crippen LogP contribution < -0.4 is 5.32 Å². The topological polar surface area (TPSA) is 47.6 Å². The van der Waals surface area contributed by atoms with E-state index in [0.717, 1.165) is 31.1 Å². The molecule has 0 aromatic heterocycles. The summed E-state index contributed by atoms with van der Waals surface area (Å²) in [6.07, 6.45) is 1.02. The fraction of sp³-hybridized carbons (Fsp3) is 0.909. The van der Waals surface area contributed by atoms with E-state index in [-0.39, 0.29) is 12.0 Å². The van der Waals surface area contributed by atoms with Crippen molar-refractivity contribution < 1.29 is 14.3 Å². The van der Waals surface area contributed by atoms with Crippen molar-refractivity contribution in [1.29, 1.82) is 0 Å². The SMILES string of the molecule is CCNC(CSCCCOC)C(=O)OCC. The van der Waals surface area contributed by atoms with Gasteiger partial charge in [-0.1, -0.05) is 6.92 Å². The Balaban J connectivity index is 3.71. The lowest BCUT2D eigenvalue weighted by molar-refractivity contribution is -0.144. The number of esters is 1. The molecule has 0 aliphatic heterocycles. The van der Waals surface area contributed by atoms with Gasteiger partial charge < -0.3 is 14.8 Å². The van der Waals surface area contributed by atoms with E-state index in [1.807, 2.05) is 13.8 Å². The summed E-state index contributed by atoms with van der Waals surface area (Å²) in [5, 5.41) is 3.13. The Morgan fingerprint density at radius 1 is 1.44 bits per heavy atom. The Bertz CT molecular complexity index is 179. The molecule has 96 valence electrons. The molecule has 1 N–H and O–H groups in total. The second kappa shape index (κ2) is 11.2. The zero-order valence-electron chi connectivity index (χ0n) is 10.5. The minimum Gasteiger partial charge on any atom is -0.465 e. The Hall–Kier alpha value is -0.260. The third-order valence-electron chi connectivity index (χ3n) is 1.94. The van der Waals surface area contributed by atoms with E-state index in [0.29, 0.717) is 6.61 Å². The van der Waals surface area contributed by atoms with Crippen LogP contribution >= 0.6 is 11.8 Å². The number of likely N-dealkylation sites (N-methyl/N-ethyl adjacent to an activating group) is 1. The lowest BCUT2D eigenvalue weighted by Crippen LogP contribution is -2.40. The maximum Gasteiger partial charge on any atom is 0.323 e. The minimum absolute atomic E-state index is 0.149. The van der Waals surface area contributed by atoms with Gasteiger partial charge in [0.25, 0.3) is 0 Å². The smallest absolute Gasteiger partial charge is 0.323 e. The van der Waals surface area contributed by atoms with E-state index in [9.17, 15) is 4.79 Å². The van der Waals surface area contributed by atoms with Crippen molar-refractivity contribution in [2.45, 2.75) is 26.3 Å². The van der Waals surface area contributed by atoms with Crippen LogP contribution in [0.4, 0.5) is 0 Å². The van der Waals surface area contributed by atoms with E-state index < -0.39 is 0 Å². The molecule has 0 heterocycles. The van der Waals surface area contributed by atoms with Crippen LogP contribution in [0.25, 0.3) is 0 Å². The number of methoxy groups -OCH3 is 1. The average molecular weight is 249 g/mol. The molecular weight excluding hydrogens is 226 g/mol. The second-order valence-electron chi connectivity index (χ2n) is 3.28. The highest BCUT2D eigenvalue weighted by Gasteiger charge is 2.17. The number of hydrogen-bond donors (Lipinski definition) is 1. The van der Waals surface area contributed by atoms with Crippen molar-refractivity contribution in [2.75, 3.05) is 38.4 Å². The first kappa shape index (κ1) is 15.7. The maximum atomic E-state index is 11.5. The van der Waals surface area contributed by atoms with Gasteiger partial charge in [0.2, 0.25) is 0 Å². The normalized spacial score (nSPS) is 12.4. The summed E-state index contributed by atoms with van der Waals surface area (Å²) in [5.41, 5.74) is 0. The van der Waals surface area contributed by atoms with Gasteiger partial charge in [-0.25, -0.2) is 0 Å². The monoisotopic (exact) mass is 249 g/mol. The summed E-state index contributed by atoms with van der Waals surface area (Å²) in [6, 6.07) is -0.183. The maximum absolute atomic E-state index is 11.5. The van der Waals surface area contributed by atoms with E-state index in [4.69, 9.17) is 9.47 Å². The summed E-state index contributed by atoms with van der Waals surface area (Å²) in [5.74, 6) is 1.62. The van der Waals surface area contributed by atoms with Crippen LogP contribution in [0.2, 0.25) is 0 Å². The van der Waals surface area contributed by atoms with Gasteiger partial charge in [-0.3, -0.25) is 4.79 Å². The Labute approximate surface area is 102 Å². The highest BCUT2D eigenvalue weighted by molar-refractivity contribution is 7.99.